The Labute approximate surface area is 147 Å². The van der Waals surface area contributed by atoms with Crippen molar-refractivity contribution in [3.05, 3.63) is 68.7 Å². The van der Waals surface area contributed by atoms with Gasteiger partial charge in [0.05, 0.1) is 9.50 Å². The number of phenols is 1. The molecule has 0 aliphatic carbocycles. The number of carbonyl (C=O) groups is 1. The van der Waals surface area contributed by atoms with E-state index in [-0.39, 0.29) is 16.3 Å². The van der Waals surface area contributed by atoms with Gasteiger partial charge in [0.1, 0.15) is 17.4 Å². The highest BCUT2D eigenvalue weighted by Gasteiger charge is 2.11. The van der Waals surface area contributed by atoms with Gasteiger partial charge >= 0.3 is 0 Å². The molecule has 0 spiro atoms. The lowest BCUT2D eigenvalue weighted by atomic mass is 10.1. The molecule has 2 aromatic rings. The van der Waals surface area contributed by atoms with E-state index in [0.29, 0.717) is 16.6 Å². The lowest BCUT2D eigenvalue weighted by Crippen LogP contribution is -2.23. The van der Waals surface area contributed by atoms with Crippen LogP contribution >= 0.6 is 27.5 Å². The maximum absolute atomic E-state index is 12.1. The van der Waals surface area contributed by atoms with Gasteiger partial charge in [-0.25, -0.2) is 0 Å². The minimum absolute atomic E-state index is 0.0467. The normalized spacial score (nSPS) is 10.9. The number of aromatic hydroxyl groups is 1. The zero-order valence-electron chi connectivity index (χ0n) is 11.9. The summed E-state index contributed by atoms with van der Waals surface area (Å²) in [6, 6.07) is 14.3. The van der Waals surface area contributed by atoms with Gasteiger partial charge in [0, 0.05) is 6.54 Å². The number of nitriles is 1. The molecule has 0 unspecified atom stereocenters. The SMILES string of the molecule is N#C/C(=C\c1cc(Cl)c(O)c(Br)c1)C(=O)NCc1ccccc1. The van der Waals surface area contributed by atoms with Crippen LogP contribution in [0.2, 0.25) is 5.02 Å². The molecule has 4 nitrogen and oxygen atoms in total. The standard InChI is InChI=1S/C17H12BrClN2O2/c18-14-7-12(8-15(19)16(14)22)6-13(9-20)17(23)21-10-11-4-2-1-3-5-11/h1-8,22H,10H2,(H,21,23)/b13-6+. The quantitative estimate of drug-likeness (QED) is 0.610. The number of hydrogen-bond acceptors (Lipinski definition) is 3. The monoisotopic (exact) mass is 390 g/mol. The molecule has 1 amide bonds. The summed E-state index contributed by atoms with van der Waals surface area (Å²) in [7, 11) is 0. The molecule has 2 N–H and O–H groups in total. The molecule has 0 aromatic heterocycles. The van der Waals surface area contributed by atoms with Crippen LogP contribution < -0.4 is 5.32 Å². The van der Waals surface area contributed by atoms with Crippen LogP contribution in [0.4, 0.5) is 0 Å². The van der Waals surface area contributed by atoms with Crippen LogP contribution in [0.25, 0.3) is 6.08 Å². The Morgan fingerprint density at radius 3 is 2.65 bits per heavy atom. The summed E-state index contributed by atoms with van der Waals surface area (Å²) >= 11 is 9.03. The van der Waals surface area contributed by atoms with Crippen LogP contribution in [0.5, 0.6) is 5.75 Å². The van der Waals surface area contributed by atoms with Crippen LogP contribution in [0.3, 0.4) is 0 Å². The predicted molar refractivity (Wildman–Crippen MR) is 92.7 cm³/mol. The Morgan fingerprint density at radius 2 is 2.04 bits per heavy atom. The molecule has 0 atom stereocenters. The third-order valence-corrected chi connectivity index (χ3v) is 3.90. The first-order chi connectivity index (χ1) is 11.0. The van der Waals surface area contributed by atoms with Crippen molar-refractivity contribution in [2.24, 2.45) is 0 Å². The van der Waals surface area contributed by atoms with Gasteiger partial charge in [-0.05, 0) is 45.3 Å². The first kappa shape index (κ1) is 17.1. The highest BCUT2D eigenvalue weighted by atomic mass is 79.9. The summed E-state index contributed by atoms with van der Waals surface area (Å²) in [5.74, 6) is -0.562. The second kappa shape index (κ2) is 7.82. The molecule has 0 heterocycles. The smallest absolute Gasteiger partial charge is 0.262 e. The van der Waals surface area contributed by atoms with E-state index in [1.165, 1.54) is 12.1 Å². The predicted octanol–water partition coefficient (Wildman–Crippen LogP) is 4.03. The van der Waals surface area contributed by atoms with E-state index in [1.807, 2.05) is 36.4 Å². The second-order valence-corrected chi connectivity index (χ2v) is 5.93. The highest BCUT2D eigenvalue weighted by molar-refractivity contribution is 9.10. The van der Waals surface area contributed by atoms with Gasteiger partial charge in [-0.1, -0.05) is 41.9 Å². The molecule has 0 radical (unpaired) electrons. The minimum atomic E-state index is -0.475. The maximum Gasteiger partial charge on any atom is 0.262 e. The number of halogens is 2. The van der Waals surface area contributed by atoms with Gasteiger partial charge in [-0.3, -0.25) is 4.79 Å². The fourth-order valence-electron chi connectivity index (χ4n) is 1.86. The Hall–Kier alpha value is -2.29. The Kier molecular flexibility index (Phi) is 5.80. The van der Waals surface area contributed by atoms with E-state index < -0.39 is 5.91 Å². The van der Waals surface area contributed by atoms with Gasteiger partial charge in [0.2, 0.25) is 0 Å². The lowest BCUT2D eigenvalue weighted by molar-refractivity contribution is -0.117. The molecule has 2 rings (SSSR count). The number of benzene rings is 2. The highest BCUT2D eigenvalue weighted by Crippen LogP contribution is 2.33. The van der Waals surface area contributed by atoms with E-state index in [2.05, 4.69) is 21.2 Å². The third-order valence-electron chi connectivity index (χ3n) is 3.01. The summed E-state index contributed by atoms with van der Waals surface area (Å²) in [5.41, 5.74) is 1.43. The molecule has 23 heavy (non-hydrogen) atoms. The van der Waals surface area contributed by atoms with Gasteiger partial charge in [0.15, 0.2) is 0 Å². The molecular weight excluding hydrogens is 380 g/mol. The average molecular weight is 392 g/mol. The largest absolute Gasteiger partial charge is 0.505 e. The van der Waals surface area contributed by atoms with Crippen LogP contribution in [-0.4, -0.2) is 11.0 Å². The maximum atomic E-state index is 12.1. The number of nitrogens with zero attached hydrogens (tertiary/aromatic N) is 1. The van der Waals surface area contributed by atoms with E-state index in [4.69, 9.17) is 11.6 Å². The number of hydrogen-bond donors (Lipinski definition) is 2. The second-order valence-electron chi connectivity index (χ2n) is 4.67. The van der Waals surface area contributed by atoms with Crippen molar-refractivity contribution in [2.75, 3.05) is 0 Å². The average Bonchev–Trinajstić information content (AvgIpc) is 2.56. The van der Waals surface area contributed by atoms with E-state index in [0.717, 1.165) is 5.56 Å². The zero-order chi connectivity index (χ0) is 16.8. The molecule has 116 valence electrons. The Bertz CT molecular complexity index is 775. The van der Waals surface area contributed by atoms with E-state index in [1.54, 1.807) is 6.07 Å². The molecule has 0 bridgehead atoms. The molecule has 0 aliphatic rings. The van der Waals surface area contributed by atoms with E-state index >= 15 is 0 Å². The Morgan fingerprint density at radius 1 is 1.35 bits per heavy atom. The number of phenolic OH excluding ortho intramolecular Hbond substituents is 1. The van der Waals surface area contributed by atoms with Crippen molar-refractivity contribution < 1.29 is 9.90 Å². The van der Waals surface area contributed by atoms with Crippen molar-refractivity contribution in [1.29, 1.82) is 5.26 Å². The summed E-state index contributed by atoms with van der Waals surface area (Å²) in [6.07, 6.45) is 1.41. The molecule has 0 saturated carbocycles. The van der Waals surface area contributed by atoms with E-state index in [9.17, 15) is 15.2 Å². The summed E-state index contributed by atoms with van der Waals surface area (Å²) in [6.45, 7) is 0.332. The number of nitrogens with one attached hydrogen (secondary N) is 1. The van der Waals surface area contributed by atoms with Gasteiger partial charge < -0.3 is 10.4 Å². The zero-order valence-corrected chi connectivity index (χ0v) is 14.2. The fourth-order valence-corrected chi connectivity index (χ4v) is 2.68. The molecule has 6 heteroatoms. The third kappa shape index (κ3) is 4.59. The van der Waals surface area contributed by atoms with Crippen molar-refractivity contribution in [1.82, 2.24) is 5.32 Å². The summed E-state index contributed by atoms with van der Waals surface area (Å²) < 4.78 is 0.387. The summed E-state index contributed by atoms with van der Waals surface area (Å²) in [5, 5.41) is 21.6. The molecule has 0 aliphatic heterocycles. The summed E-state index contributed by atoms with van der Waals surface area (Å²) in [4.78, 5) is 12.1. The van der Waals surface area contributed by atoms with Crippen molar-refractivity contribution in [3.8, 4) is 11.8 Å². The van der Waals surface area contributed by atoms with Gasteiger partial charge in [-0.2, -0.15) is 5.26 Å². The van der Waals surface area contributed by atoms with Crippen LogP contribution in [0.1, 0.15) is 11.1 Å². The molecule has 0 fully saturated rings. The van der Waals surface area contributed by atoms with Crippen LogP contribution in [0, 0.1) is 11.3 Å². The molecule has 0 saturated heterocycles. The van der Waals surface area contributed by atoms with Crippen molar-refractivity contribution in [2.45, 2.75) is 6.54 Å². The van der Waals surface area contributed by atoms with Crippen LogP contribution in [0.15, 0.2) is 52.5 Å². The van der Waals surface area contributed by atoms with Crippen molar-refractivity contribution >= 4 is 39.5 Å². The first-order valence-corrected chi connectivity index (χ1v) is 7.80. The Balaban J connectivity index is 2.15. The number of rotatable bonds is 4. The van der Waals surface area contributed by atoms with Crippen molar-refractivity contribution in [3.63, 3.8) is 0 Å². The lowest BCUT2D eigenvalue weighted by Gasteiger charge is -2.05. The topological polar surface area (TPSA) is 73.1 Å². The van der Waals surface area contributed by atoms with Crippen LogP contribution in [-0.2, 0) is 11.3 Å². The van der Waals surface area contributed by atoms with Gasteiger partial charge in [0.25, 0.3) is 5.91 Å². The number of amides is 1. The van der Waals surface area contributed by atoms with Gasteiger partial charge in [-0.15, -0.1) is 0 Å². The first-order valence-electron chi connectivity index (χ1n) is 6.63. The molecular formula is C17H12BrClN2O2. The minimum Gasteiger partial charge on any atom is -0.505 e. The number of carbonyl (C=O) groups excluding carboxylic acids is 1. The molecule has 2 aromatic carbocycles. The fraction of sp³-hybridized carbons (Fsp3) is 0.0588.